The lowest BCUT2D eigenvalue weighted by Gasteiger charge is -2.46. The molecule has 122 valence electrons. The van der Waals surface area contributed by atoms with E-state index >= 15 is 0 Å². The highest BCUT2D eigenvalue weighted by Crippen LogP contribution is 2.43. The van der Waals surface area contributed by atoms with Gasteiger partial charge in [-0.2, -0.15) is 0 Å². The van der Waals surface area contributed by atoms with Gasteiger partial charge >= 0.3 is 0 Å². The van der Waals surface area contributed by atoms with Gasteiger partial charge in [0.25, 0.3) is 0 Å². The van der Waals surface area contributed by atoms with E-state index in [0.717, 1.165) is 12.5 Å². The minimum absolute atomic E-state index is 0. The van der Waals surface area contributed by atoms with Gasteiger partial charge in [0.15, 0.2) is 0 Å². The van der Waals surface area contributed by atoms with Gasteiger partial charge in [-0.1, -0.05) is 19.3 Å². The molecule has 1 aromatic rings. The Labute approximate surface area is 152 Å². The lowest BCUT2D eigenvalue weighted by atomic mass is 9.77. The fourth-order valence-electron chi connectivity index (χ4n) is 4.14. The fourth-order valence-corrected chi connectivity index (χ4v) is 4.66. The maximum absolute atomic E-state index is 6.15. The van der Waals surface area contributed by atoms with Crippen molar-refractivity contribution in [3.63, 3.8) is 0 Å². The summed E-state index contributed by atoms with van der Waals surface area (Å²) < 4.78 is 13.5. The van der Waals surface area contributed by atoms with E-state index in [4.69, 9.17) is 9.47 Å². The molecule has 2 heterocycles. The van der Waals surface area contributed by atoms with E-state index in [1.807, 2.05) is 0 Å². The predicted octanol–water partition coefficient (Wildman–Crippen LogP) is 4.54. The quantitative estimate of drug-likeness (QED) is 0.657. The van der Waals surface area contributed by atoms with Crippen LogP contribution in [0, 0.1) is 9.49 Å². The Bertz CT molecular complexity index is 521. The lowest BCUT2D eigenvalue weighted by Crippen LogP contribution is -2.51. The maximum Gasteiger partial charge on any atom is 0.113 e. The predicted molar refractivity (Wildman–Crippen MR) is 98.8 cm³/mol. The third-order valence-corrected chi connectivity index (χ3v) is 5.81. The monoisotopic (exact) mass is 435 g/mol. The van der Waals surface area contributed by atoms with Crippen molar-refractivity contribution in [2.45, 2.75) is 50.4 Å². The first-order valence-electron chi connectivity index (χ1n) is 8.12. The molecular formula is C17H23ClINO2. The number of fused-ring (bicyclic) bond motifs is 3. The summed E-state index contributed by atoms with van der Waals surface area (Å²) in [6.07, 6.45) is 7.04. The van der Waals surface area contributed by atoms with Crippen LogP contribution in [0.3, 0.4) is 0 Å². The normalized spacial score (nSPS) is 31.4. The smallest absolute Gasteiger partial charge is 0.113 e. The molecule has 4 rings (SSSR count). The Hall–Kier alpha value is -0.0400. The molecule has 2 fully saturated rings. The van der Waals surface area contributed by atoms with E-state index in [2.05, 4.69) is 46.1 Å². The molecule has 5 heteroatoms. The molecule has 3 nitrogen and oxygen atoms in total. The summed E-state index contributed by atoms with van der Waals surface area (Å²) in [6, 6.07) is 7.03. The Balaban J connectivity index is 0.00000144. The minimum atomic E-state index is 0. The molecule has 3 atom stereocenters. The van der Waals surface area contributed by atoms with E-state index in [9.17, 15) is 0 Å². The average Bonchev–Trinajstić information content (AvgIpc) is 2.55. The molecule has 1 aliphatic carbocycles. The summed E-state index contributed by atoms with van der Waals surface area (Å²) in [5, 5.41) is 3.78. The zero-order chi connectivity index (χ0) is 14.2. The van der Waals surface area contributed by atoms with Crippen LogP contribution in [0.5, 0.6) is 0 Å². The van der Waals surface area contributed by atoms with E-state index < -0.39 is 0 Å². The van der Waals surface area contributed by atoms with Gasteiger partial charge in [0, 0.05) is 14.8 Å². The van der Waals surface area contributed by atoms with Gasteiger partial charge in [0.05, 0.1) is 19.3 Å². The number of benzene rings is 1. The van der Waals surface area contributed by atoms with Crippen LogP contribution < -0.4 is 5.32 Å². The molecule has 1 saturated carbocycles. The highest BCUT2D eigenvalue weighted by molar-refractivity contribution is 14.1. The van der Waals surface area contributed by atoms with E-state index in [0.29, 0.717) is 12.6 Å². The van der Waals surface area contributed by atoms with Gasteiger partial charge in [-0.3, -0.25) is 0 Å². The average molecular weight is 436 g/mol. The molecule has 0 radical (unpaired) electrons. The topological polar surface area (TPSA) is 30.5 Å². The van der Waals surface area contributed by atoms with E-state index in [-0.39, 0.29) is 24.6 Å². The molecule has 2 aliphatic heterocycles. The molecule has 0 aromatic heterocycles. The van der Waals surface area contributed by atoms with Crippen molar-refractivity contribution in [1.82, 2.24) is 0 Å². The Kier molecular flexibility index (Phi) is 5.53. The molecule has 22 heavy (non-hydrogen) atoms. The first-order valence-corrected chi connectivity index (χ1v) is 9.20. The zero-order valence-corrected chi connectivity index (χ0v) is 15.6. The second-order valence-corrected chi connectivity index (χ2v) is 7.67. The second kappa shape index (κ2) is 7.24. The number of ether oxygens (including phenoxy) is 2. The molecule has 1 aromatic carbocycles. The maximum atomic E-state index is 6.15. The Morgan fingerprint density at radius 3 is 2.64 bits per heavy atom. The molecule has 1 saturated heterocycles. The molecule has 0 unspecified atom stereocenters. The number of hydrogen-bond acceptors (Lipinski definition) is 3. The number of hydrogen-bond donors (Lipinski definition) is 1. The Morgan fingerprint density at radius 2 is 1.82 bits per heavy atom. The zero-order valence-electron chi connectivity index (χ0n) is 12.6. The van der Waals surface area contributed by atoms with Gasteiger partial charge in [-0.15, -0.1) is 12.4 Å². The van der Waals surface area contributed by atoms with Crippen LogP contribution in [0.25, 0.3) is 0 Å². The van der Waals surface area contributed by atoms with Crippen LogP contribution in [0.1, 0.15) is 43.8 Å². The van der Waals surface area contributed by atoms with Crippen molar-refractivity contribution >= 4 is 40.7 Å². The van der Waals surface area contributed by atoms with Crippen molar-refractivity contribution in [2.75, 3.05) is 18.5 Å². The van der Waals surface area contributed by atoms with E-state index in [1.54, 1.807) is 0 Å². The number of anilines is 1. The Morgan fingerprint density at radius 1 is 1.05 bits per heavy atom. The van der Waals surface area contributed by atoms with Crippen molar-refractivity contribution in [3.05, 3.63) is 27.3 Å². The third-order valence-electron chi connectivity index (χ3n) is 5.14. The van der Waals surface area contributed by atoms with Crippen molar-refractivity contribution < 1.29 is 9.47 Å². The van der Waals surface area contributed by atoms with Crippen LogP contribution in [0.15, 0.2) is 18.2 Å². The lowest BCUT2D eigenvalue weighted by molar-refractivity contribution is -0.156. The first kappa shape index (κ1) is 16.8. The number of nitrogens with one attached hydrogen (secondary N) is 1. The molecule has 3 aliphatic rings. The summed E-state index contributed by atoms with van der Waals surface area (Å²) in [5.74, 6) is 0.723. The summed E-state index contributed by atoms with van der Waals surface area (Å²) in [5.41, 5.74) is 2.52. The van der Waals surface area contributed by atoms with Gasteiger partial charge in [-0.25, -0.2) is 0 Å². The van der Waals surface area contributed by atoms with Gasteiger partial charge in [0.1, 0.15) is 12.2 Å². The van der Waals surface area contributed by atoms with Crippen molar-refractivity contribution in [3.8, 4) is 0 Å². The highest BCUT2D eigenvalue weighted by atomic mass is 127. The molecular weight excluding hydrogens is 413 g/mol. The van der Waals surface area contributed by atoms with Gasteiger partial charge in [-0.05, 0) is 59.5 Å². The summed E-state index contributed by atoms with van der Waals surface area (Å²) >= 11 is 2.37. The minimum Gasteiger partial charge on any atom is -0.379 e. The molecule has 0 spiro atoms. The van der Waals surface area contributed by atoms with Gasteiger partial charge < -0.3 is 14.8 Å². The summed E-state index contributed by atoms with van der Waals surface area (Å²) in [6.45, 7) is 1.44. The van der Waals surface area contributed by atoms with Crippen LogP contribution >= 0.6 is 35.0 Å². The number of halogens is 2. The first-order chi connectivity index (χ1) is 10.3. The van der Waals surface area contributed by atoms with E-state index in [1.165, 1.54) is 46.9 Å². The third kappa shape index (κ3) is 3.12. The number of rotatable bonds is 1. The van der Waals surface area contributed by atoms with Crippen LogP contribution in [0.4, 0.5) is 5.69 Å². The standard InChI is InChI=1S/C17H22INO2.ClH/c18-12-6-7-14-13(10-12)16-17(21-9-8-20-16)15(19-14)11-4-2-1-3-5-11;/h6-7,10-11,15-17,19H,1-5,8-9H2;1H/t15-,16-,17+;/m1./s1. The summed E-state index contributed by atoms with van der Waals surface area (Å²) in [4.78, 5) is 0. The summed E-state index contributed by atoms with van der Waals surface area (Å²) in [7, 11) is 0. The van der Waals surface area contributed by atoms with Crippen LogP contribution in [-0.4, -0.2) is 25.4 Å². The second-order valence-electron chi connectivity index (χ2n) is 6.43. The van der Waals surface area contributed by atoms with Crippen molar-refractivity contribution in [2.24, 2.45) is 5.92 Å². The highest BCUT2D eigenvalue weighted by Gasteiger charge is 2.43. The fraction of sp³-hybridized carbons (Fsp3) is 0.647. The molecule has 0 amide bonds. The van der Waals surface area contributed by atoms with Crippen molar-refractivity contribution in [1.29, 1.82) is 0 Å². The largest absolute Gasteiger partial charge is 0.379 e. The SMILES string of the molecule is Cl.Ic1ccc2c(c1)[C@H]1OCCO[C@H]1[C@@H](C1CCCCC1)N2. The molecule has 0 bridgehead atoms. The van der Waals surface area contributed by atoms with Gasteiger partial charge in [0.2, 0.25) is 0 Å². The molecule has 1 N–H and O–H groups in total. The van der Waals surface area contributed by atoms with Crippen LogP contribution in [0.2, 0.25) is 0 Å². The van der Waals surface area contributed by atoms with Crippen LogP contribution in [-0.2, 0) is 9.47 Å².